The first-order valence-corrected chi connectivity index (χ1v) is 11.6. The van der Waals surface area contributed by atoms with Gasteiger partial charge in [0.2, 0.25) is 5.78 Å². The zero-order chi connectivity index (χ0) is 28.0. The average Bonchev–Trinajstić information content (AvgIpc) is 3.43. The van der Waals surface area contributed by atoms with Gasteiger partial charge >= 0.3 is 12.1 Å². The summed E-state index contributed by atoms with van der Waals surface area (Å²) in [4.78, 5) is 46.4. The van der Waals surface area contributed by atoms with E-state index in [1.54, 1.807) is 30.3 Å². The number of rotatable bonds is 9. The van der Waals surface area contributed by atoms with Crippen LogP contribution in [0.4, 0.5) is 13.2 Å². The van der Waals surface area contributed by atoms with Crippen LogP contribution in [0.25, 0.3) is 17.1 Å². The molecule has 0 radical (unpaired) electrons. The first-order valence-electron chi connectivity index (χ1n) is 11.6. The molecule has 0 aliphatic rings. The number of nitrogens with zero attached hydrogens (tertiary/aromatic N) is 3. The number of amides is 2. The molecule has 0 aliphatic carbocycles. The number of nitrogens with one attached hydrogen (secondary N) is 2. The van der Waals surface area contributed by atoms with E-state index in [0.29, 0.717) is 5.56 Å². The van der Waals surface area contributed by atoms with Crippen LogP contribution in [0, 0.1) is 0 Å². The fraction of sp³-hybridized carbons (Fsp3) is 0.148. The molecule has 4 rings (SSSR count). The van der Waals surface area contributed by atoms with Crippen LogP contribution in [0.5, 0.6) is 0 Å². The molecule has 12 heteroatoms. The predicted molar refractivity (Wildman–Crippen MR) is 133 cm³/mol. The lowest BCUT2D eigenvalue weighted by Gasteiger charge is -2.19. The highest BCUT2D eigenvalue weighted by atomic mass is 19.4. The summed E-state index contributed by atoms with van der Waals surface area (Å²) in [6, 6.07) is 17.0. The fourth-order valence-electron chi connectivity index (χ4n) is 3.81. The zero-order valence-electron chi connectivity index (χ0n) is 20.5. The summed E-state index contributed by atoms with van der Waals surface area (Å²) in [6.45, 7) is 0. The van der Waals surface area contributed by atoms with Gasteiger partial charge in [-0.15, -0.1) is 0 Å². The monoisotopic (exact) mass is 537 g/mol. The molecule has 200 valence electrons. The quantitative estimate of drug-likeness (QED) is 0.246. The number of pyridine rings is 1. The van der Waals surface area contributed by atoms with Crippen molar-refractivity contribution < 1.29 is 32.4 Å². The fourth-order valence-corrected chi connectivity index (χ4v) is 3.81. The van der Waals surface area contributed by atoms with Crippen molar-refractivity contribution in [3.63, 3.8) is 0 Å². The molecule has 0 saturated heterocycles. The van der Waals surface area contributed by atoms with Crippen LogP contribution in [0.1, 0.15) is 33.9 Å². The molecule has 0 aliphatic heterocycles. The van der Waals surface area contributed by atoms with Crippen LogP contribution in [0.2, 0.25) is 0 Å². The number of ketones is 1. The van der Waals surface area contributed by atoms with Gasteiger partial charge < -0.3 is 5.32 Å². The van der Waals surface area contributed by atoms with Crippen LogP contribution in [-0.4, -0.2) is 39.5 Å². The van der Waals surface area contributed by atoms with Crippen molar-refractivity contribution in [2.75, 3.05) is 7.11 Å². The van der Waals surface area contributed by atoms with E-state index in [0.717, 1.165) is 12.1 Å². The number of hydrogen-bond donors (Lipinski definition) is 2. The van der Waals surface area contributed by atoms with Gasteiger partial charge in [0, 0.05) is 24.4 Å². The highest BCUT2D eigenvalue weighted by Gasteiger charge is 2.30. The second-order valence-corrected chi connectivity index (χ2v) is 8.30. The van der Waals surface area contributed by atoms with Gasteiger partial charge in [-0.1, -0.05) is 42.5 Å². The summed E-state index contributed by atoms with van der Waals surface area (Å²) >= 11 is 0. The van der Waals surface area contributed by atoms with Crippen LogP contribution in [0.15, 0.2) is 85.2 Å². The SMILES string of the molecule is CONC(=O)C(=O)CC(NC(=O)c1cccnc1-n1ccc(-c2cccc(C(F)(F)F)c2)n1)c1ccccc1. The molecule has 0 bridgehead atoms. The van der Waals surface area contributed by atoms with Gasteiger partial charge in [0.15, 0.2) is 5.82 Å². The van der Waals surface area contributed by atoms with E-state index in [2.05, 4.69) is 20.2 Å². The van der Waals surface area contributed by atoms with Crippen molar-refractivity contribution in [3.8, 4) is 17.1 Å². The summed E-state index contributed by atoms with van der Waals surface area (Å²) < 4.78 is 40.7. The van der Waals surface area contributed by atoms with Crippen LogP contribution < -0.4 is 10.8 Å². The van der Waals surface area contributed by atoms with Crippen molar-refractivity contribution in [2.24, 2.45) is 0 Å². The maximum Gasteiger partial charge on any atom is 0.416 e. The number of benzene rings is 2. The number of alkyl halides is 3. The van der Waals surface area contributed by atoms with Gasteiger partial charge in [-0.2, -0.15) is 18.3 Å². The molecule has 0 fully saturated rings. The number of hydroxylamine groups is 1. The van der Waals surface area contributed by atoms with E-state index in [1.807, 2.05) is 5.48 Å². The Morgan fingerprint density at radius 3 is 2.49 bits per heavy atom. The lowest BCUT2D eigenvalue weighted by molar-refractivity contribution is -0.144. The van der Waals surface area contributed by atoms with Crippen LogP contribution in [0.3, 0.4) is 0 Å². The summed E-state index contributed by atoms with van der Waals surface area (Å²) in [5.41, 5.74) is 2.30. The van der Waals surface area contributed by atoms with Crippen molar-refractivity contribution in [1.29, 1.82) is 0 Å². The minimum Gasteiger partial charge on any atom is -0.345 e. The average molecular weight is 537 g/mol. The number of halogens is 3. The Bertz CT molecular complexity index is 1490. The van der Waals surface area contributed by atoms with E-state index in [1.165, 1.54) is 54.5 Å². The third-order valence-corrected chi connectivity index (χ3v) is 5.67. The summed E-state index contributed by atoms with van der Waals surface area (Å²) in [5, 5.41) is 7.10. The molecule has 1 unspecified atom stereocenters. The first kappa shape index (κ1) is 27.2. The van der Waals surface area contributed by atoms with E-state index in [9.17, 15) is 27.6 Å². The molecule has 39 heavy (non-hydrogen) atoms. The Labute approximate surface area is 220 Å². The van der Waals surface area contributed by atoms with Gasteiger partial charge in [0.05, 0.1) is 30.0 Å². The van der Waals surface area contributed by atoms with Crippen LogP contribution >= 0.6 is 0 Å². The topological polar surface area (TPSA) is 115 Å². The summed E-state index contributed by atoms with van der Waals surface area (Å²) in [5.74, 6) is -2.27. The molecule has 2 heterocycles. The number of carbonyl (C=O) groups excluding carboxylic acids is 3. The Morgan fingerprint density at radius 2 is 1.77 bits per heavy atom. The van der Waals surface area contributed by atoms with Gasteiger partial charge in [0.25, 0.3) is 5.91 Å². The van der Waals surface area contributed by atoms with Crippen molar-refractivity contribution in [3.05, 3.63) is 102 Å². The Morgan fingerprint density at radius 1 is 1.00 bits per heavy atom. The molecule has 2 aromatic heterocycles. The van der Waals surface area contributed by atoms with Crippen LogP contribution in [-0.2, 0) is 20.6 Å². The van der Waals surface area contributed by atoms with Crippen molar-refractivity contribution in [2.45, 2.75) is 18.6 Å². The lowest BCUT2D eigenvalue weighted by atomic mass is 10.0. The molecule has 2 amide bonds. The van der Waals surface area contributed by atoms with Gasteiger partial charge in [-0.25, -0.2) is 15.1 Å². The highest BCUT2D eigenvalue weighted by molar-refractivity contribution is 6.36. The van der Waals surface area contributed by atoms with Gasteiger partial charge in [0.1, 0.15) is 0 Å². The zero-order valence-corrected chi connectivity index (χ0v) is 20.5. The van der Waals surface area contributed by atoms with E-state index < -0.39 is 35.4 Å². The Balaban J connectivity index is 1.61. The molecule has 2 N–H and O–H groups in total. The van der Waals surface area contributed by atoms with Crippen molar-refractivity contribution in [1.82, 2.24) is 25.6 Å². The summed E-state index contributed by atoms with van der Waals surface area (Å²) in [6.07, 6.45) is -1.94. The maximum atomic E-state index is 13.4. The molecule has 2 aromatic carbocycles. The van der Waals surface area contributed by atoms with E-state index in [4.69, 9.17) is 0 Å². The summed E-state index contributed by atoms with van der Waals surface area (Å²) in [7, 11) is 1.19. The van der Waals surface area contributed by atoms with E-state index in [-0.39, 0.29) is 29.1 Å². The molecule has 0 saturated carbocycles. The second-order valence-electron chi connectivity index (χ2n) is 8.30. The number of Topliss-reactive ketones (excluding diaryl/α,β-unsaturated/α-hetero) is 1. The third-order valence-electron chi connectivity index (χ3n) is 5.67. The van der Waals surface area contributed by atoms with Gasteiger partial charge in [-0.3, -0.25) is 19.2 Å². The minimum atomic E-state index is -4.51. The van der Waals surface area contributed by atoms with Gasteiger partial charge in [-0.05, 0) is 35.9 Å². The molecule has 9 nitrogen and oxygen atoms in total. The van der Waals surface area contributed by atoms with Crippen molar-refractivity contribution >= 4 is 17.6 Å². The highest BCUT2D eigenvalue weighted by Crippen LogP contribution is 2.32. The number of carbonyl (C=O) groups is 3. The Hall–Kier alpha value is -4.84. The molecule has 0 spiro atoms. The molecular weight excluding hydrogens is 515 g/mol. The first-order chi connectivity index (χ1) is 18.7. The predicted octanol–water partition coefficient (Wildman–Crippen LogP) is 4.06. The smallest absolute Gasteiger partial charge is 0.345 e. The second kappa shape index (κ2) is 11.7. The van der Waals surface area contributed by atoms with E-state index >= 15 is 0 Å². The number of aromatic nitrogens is 3. The molecular formula is C27H22F3N5O4. The minimum absolute atomic E-state index is 0.0888. The third kappa shape index (κ3) is 6.54. The molecule has 4 aromatic rings. The molecule has 1 atom stereocenters. The maximum absolute atomic E-state index is 13.4. The standard InChI is InChI=1S/C27H22F3N5O4/c1-39-34-26(38)23(36)16-22(17-7-3-2-4-8-17)32-25(37)20-11-6-13-31-24(20)35-14-12-21(33-35)18-9-5-10-19(15-18)27(28,29)30/h2-15,22H,16H2,1H3,(H,32,37)(H,34,38). The lowest BCUT2D eigenvalue weighted by Crippen LogP contribution is -2.36. The Kier molecular flexibility index (Phi) is 8.15. The largest absolute Gasteiger partial charge is 0.416 e. The normalized spacial score (nSPS) is 12.0. The number of hydrogen-bond acceptors (Lipinski definition) is 6.